The number of aliphatic imine (C=N–C) groups is 4. The van der Waals surface area contributed by atoms with Crippen molar-refractivity contribution in [1.82, 2.24) is 0 Å². The summed E-state index contributed by atoms with van der Waals surface area (Å²) >= 11 is 0. The van der Waals surface area contributed by atoms with Crippen LogP contribution in [0.15, 0.2) is 20.0 Å². The van der Waals surface area contributed by atoms with E-state index < -0.39 is 5.41 Å². The average Bonchev–Trinajstić information content (AvgIpc) is 3.34. The fourth-order valence-corrected chi connectivity index (χ4v) is 3.76. The standard InChI is InChI=1S/C19H30N4O2/c1-3-5-7-15(17-20-9-10-21-17)19(13-24,14-25)16(8-6-4-2)18-22-11-12-23-18/h9-12,15-16,24-25H,3-8,13-14H2,1-2H3/q+2. The minimum absolute atomic E-state index is 0.127. The van der Waals surface area contributed by atoms with E-state index in [1.54, 1.807) is 24.9 Å². The van der Waals surface area contributed by atoms with E-state index in [9.17, 15) is 10.2 Å². The van der Waals surface area contributed by atoms with Gasteiger partial charge in [0.05, 0.1) is 30.5 Å². The maximum Gasteiger partial charge on any atom is 0.244 e. The van der Waals surface area contributed by atoms with E-state index in [-0.39, 0.29) is 25.0 Å². The third kappa shape index (κ3) is 4.30. The van der Waals surface area contributed by atoms with Crippen LogP contribution in [0, 0.1) is 29.6 Å². The molecule has 2 atom stereocenters. The first-order chi connectivity index (χ1) is 12.2. The zero-order valence-corrected chi connectivity index (χ0v) is 15.3. The maximum atomic E-state index is 10.4. The van der Waals surface area contributed by atoms with Crippen LogP contribution in [0.5, 0.6) is 0 Å². The molecule has 0 bridgehead atoms. The van der Waals surface area contributed by atoms with Crippen molar-refractivity contribution in [2.75, 3.05) is 13.2 Å². The van der Waals surface area contributed by atoms with E-state index in [4.69, 9.17) is 0 Å². The van der Waals surface area contributed by atoms with Gasteiger partial charge in [0.25, 0.3) is 0 Å². The van der Waals surface area contributed by atoms with Crippen molar-refractivity contribution in [3.05, 3.63) is 12.3 Å². The van der Waals surface area contributed by atoms with E-state index in [1.807, 2.05) is 0 Å². The van der Waals surface area contributed by atoms with Crippen molar-refractivity contribution in [2.45, 2.75) is 52.4 Å². The van der Waals surface area contributed by atoms with E-state index >= 15 is 0 Å². The summed E-state index contributed by atoms with van der Waals surface area (Å²) in [4.78, 5) is 17.6. The molecule has 0 aromatic rings. The van der Waals surface area contributed by atoms with Gasteiger partial charge in [-0.2, -0.15) is 0 Å². The van der Waals surface area contributed by atoms with Crippen LogP contribution in [-0.4, -0.2) is 48.3 Å². The van der Waals surface area contributed by atoms with Crippen LogP contribution < -0.4 is 0 Å². The summed E-state index contributed by atoms with van der Waals surface area (Å²) in [7, 11) is 0. The molecule has 2 rings (SSSR count). The van der Waals surface area contributed by atoms with E-state index in [1.165, 1.54) is 0 Å². The normalized spacial score (nSPS) is 18.6. The molecule has 0 aliphatic carbocycles. The maximum absolute atomic E-state index is 10.4. The van der Waals surface area contributed by atoms with Gasteiger partial charge >= 0.3 is 0 Å². The van der Waals surface area contributed by atoms with Gasteiger partial charge in [0.15, 0.2) is 24.9 Å². The van der Waals surface area contributed by atoms with Gasteiger partial charge in [-0.05, 0) is 12.8 Å². The Bertz CT molecular complexity index is 446. The van der Waals surface area contributed by atoms with Crippen molar-refractivity contribution < 1.29 is 10.2 Å². The SMILES string of the molecule is CCCCC([C+]1N=CC=N1)C(CO)(CO)C(CCCC)[C+]1N=CC=N1. The van der Waals surface area contributed by atoms with Crippen molar-refractivity contribution in [3.63, 3.8) is 0 Å². The van der Waals surface area contributed by atoms with Gasteiger partial charge in [0, 0.05) is 0 Å². The van der Waals surface area contributed by atoms with Crippen LogP contribution in [0.4, 0.5) is 0 Å². The van der Waals surface area contributed by atoms with E-state index in [2.05, 4.69) is 33.8 Å². The fourth-order valence-electron chi connectivity index (χ4n) is 3.76. The summed E-state index contributed by atoms with van der Waals surface area (Å²) in [6.07, 6.45) is 13.8. The average molecular weight is 346 g/mol. The lowest BCUT2D eigenvalue weighted by molar-refractivity contribution is -0.0430. The summed E-state index contributed by atoms with van der Waals surface area (Å²) in [6, 6.07) is 0. The van der Waals surface area contributed by atoms with Crippen LogP contribution >= 0.6 is 0 Å². The first-order valence-corrected chi connectivity index (χ1v) is 9.32. The summed E-state index contributed by atoms with van der Waals surface area (Å²) in [6.45, 7) is 3.99. The smallest absolute Gasteiger partial charge is 0.244 e. The molecule has 0 aromatic carbocycles. The lowest BCUT2D eigenvalue weighted by atomic mass is 9.62. The van der Waals surface area contributed by atoms with Gasteiger partial charge in [0.2, 0.25) is 12.3 Å². The Labute approximate surface area is 150 Å². The number of aliphatic hydroxyl groups excluding tert-OH is 2. The fraction of sp³-hybridized carbons (Fsp3) is 0.684. The second kappa shape index (κ2) is 9.73. The van der Waals surface area contributed by atoms with E-state index in [0.717, 1.165) is 38.5 Å². The lowest BCUT2D eigenvalue weighted by Gasteiger charge is -2.41. The summed E-state index contributed by atoms with van der Waals surface area (Å²) in [5.74, 6) is -0.254. The molecule has 0 amide bonds. The molecule has 136 valence electrons. The minimum atomic E-state index is -0.771. The molecular weight excluding hydrogens is 316 g/mol. The van der Waals surface area contributed by atoms with Gasteiger partial charge in [-0.25, -0.2) is 0 Å². The molecule has 0 fully saturated rings. The van der Waals surface area contributed by atoms with Gasteiger partial charge in [-0.1, -0.05) is 59.5 Å². The second-order valence-electron chi connectivity index (χ2n) is 6.77. The summed E-state index contributed by atoms with van der Waals surface area (Å²) in [5.41, 5.74) is -0.771. The predicted octanol–water partition coefficient (Wildman–Crippen LogP) is 2.86. The quantitative estimate of drug-likeness (QED) is 0.532. The molecule has 25 heavy (non-hydrogen) atoms. The largest absolute Gasteiger partial charge is 0.396 e. The Balaban J connectivity index is 2.38. The van der Waals surface area contributed by atoms with Gasteiger partial charge < -0.3 is 10.2 Å². The molecule has 2 N–H and O–H groups in total. The molecular formula is C19H30N4O2+2. The highest BCUT2D eigenvalue weighted by Gasteiger charge is 2.56. The topological polar surface area (TPSA) is 89.9 Å². The molecule has 2 aliphatic heterocycles. The Hall–Kier alpha value is -1.66. The van der Waals surface area contributed by atoms with Crippen LogP contribution in [0.25, 0.3) is 0 Å². The molecule has 0 saturated heterocycles. The van der Waals surface area contributed by atoms with Crippen LogP contribution in [0.3, 0.4) is 0 Å². The number of unbranched alkanes of at least 4 members (excludes halogenated alkanes) is 2. The Kier molecular flexibility index (Phi) is 7.65. The number of aliphatic hydroxyl groups is 2. The highest BCUT2D eigenvalue weighted by Crippen LogP contribution is 2.50. The van der Waals surface area contributed by atoms with Crippen LogP contribution in [0.2, 0.25) is 0 Å². The first-order valence-electron chi connectivity index (χ1n) is 9.32. The Morgan fingerprint density at radius 1 is 0.760 bits per heavy atom. The minimum Gasteiger partial charge on any atom is -0.396 e. The molecule has 2 heterocycles. The number of hydrogen-bond acceptors (Lipinski definition) is 6. The van der Waals surface area contributed by atoms with Crippen molar-refractivity contribution in [3.8, 4) is 0 Å². The zero-order chi connectivity index (χ0) is 18.1. The molecule has 2 aliphatic rings. The predicted molar refractivity (Wildman–Crippen MR) is 103 cm³/mol. The zero-order valence-electron chi connectivity index (χ0n) is 15.3. The highest BCUT2D eigenvalue weighted by atomic mass is 16.3. The second-order valence-corrected chi connectivity index (χ2v) is 6.77. The Morgan fingerprint density at radius 3 is 1.40 bits per heavy atom. The molecule has 2 unspecified atom stereocenters. The van der Waals surface area contributed by atoms with Crippen molar-refractivity contribution in [2.24, 2.45) is 37.2 Å². The Morgan fingerprint density at radius 2 is 1.12 bits per heavy atom. The van der Waals surface area contributed by atoms with Crippen LogP contribution in [0.1, 0.15) is 52.4 Å². The first kappa shape index (κ1) is 19.7. The number of nitrogens with zero attached hydrogens (tertiary/aromatic N) is 4. The molecule has 0 radical (unpaired) electrons. The summed E-state index contributed by atoms with van der Waals surface area (Å²) < 4.78 is 0. The number of hydrogen-bond donors (Lipinski definition) is 2. The third-order valence-electron chi connectivity index (χ3n) is 5.25. The van der Waals surface area contributed by atoms with Crippen molar-refractivity contribution >= 4 is 24.9 Å². The number of rotatable bonds is 12. The summed E-state index contributed by atoms with van der Waals surface area (Å²) in [5, 5.41) is 20.9. The van der Waals surface area contributed by atoms with Gasteiger partial charge in [-0.15, -0.1) is 0 Å². The highest BCUT2D eigenvalue weighted by molar-refractivity contribution is 6.18. The lowest BCUT2D eigenvalue weighted by Crippen LogP contribution is -2.48. The molecule has 0 spiro atoms. The van der Waals surface area contributed by atoms with Gasteiger partial charge in [0.1, 0.15) is 0 Å². The molecule has 0 aromatic heterocycles. The monoisotopic (exact) mass is 346 g/mol. The molecule has 6 nitrogen and oxygen atoms in total. The molecule has 0 saturated carbocycles. The van der Waals surface area contributed by atoms with Crippen molar-refractivity contribution in [1.29, 1.82) is 0 Å². The van der Waals surface area contributed by atoms with Crippen LogP contribution in [-0.2, 0) is 0 Å². The molecule has 6 heteroatoms. The van der Waals surface area contributed by atoms with Gasteiger partial charge in [-0.3, -0.25) is 0 Å². The van der Waals surface area contributed by atoms with E-state index in [0.29, 0.717) is 12.3 Å². The third-order valence-corrected chi connectivity index (χ3v) is 5.25.